The standard InChI is InChI=1S/C5H14N2O3/c1-6(4-8)2-3-7(10)5-9/h8-10H,2-5H2,1H3. The van der Waals surface area contributed by atoms with Crippen LogP contribution >= 0.6 is 0 Å². The monoisotopic (exact) mass is 150 g/mol. The van der Waals surface area contributed by atoms with E-state index in [1.807, 2.05) is 0 Å². The highest BCUT2D eigenvalue weighted by Crippen LogP contribution is 1.81. The molecule has 0 heterocycles. The molecule has 0 rings (SSSR count). The van der Waals surface area contributed by atoms with Crippen molar-refractivity contribution in [1.29, 1.82) is 0 Å². The van der Waals surface area contributed by atoms with Gasteiger partial charge in [-0.1, -0.05) is 0 Å². The van der Waals surface area contributed by atoms with E-state index in [0.717, 1.165) is 5.06 Å². The molecule has 0 amide bonds. The lowest BCUT2D eigenvalue weighted by atomic mass is 10.6. The molecule has 0 unspecified atom stereocenters. The van der Waals surface area contributed by atoms with Gasteiger partial charge >= 0.3 is 0 Å². The fourth-order valence-corrected chi connectivity index (χ4v) is 0.428. The molecule has 3 N–H and O–H groups in total. The second-order valence-corrected chi connectivity index (χ2v) is 2.09. The zero-order chi connectivity index (χ0) is 7.98. The van der Waals surface area contributed by atoms with E-state index in [2.05, 4.69) is 0 Å². The van der Waals surface area contributed by atoms with Crippen molar-refractivity contribution in [2.24, 2.45) is 0 Å². The summed E-state index contributed by atoms with van der Waals surface area (Å²) in [6.45, 7) is 0.430. The smallest absolute Gasteiger partial charge is 0.118 e. The first-order valence-electron chi connectivity index (χ1n) is 3.04. The van der Waals surface area contributed by atoms with E-state index in [0.29, 0.717) is 13.1 Å². The van der Waals surface area contributed by atoms with Gasteiger partial charge in [0, 0.05) is 13.1 Å². The van der Waals surface area contributed by atoms with Gasteiger partial charge in [0.25, 0.3) is 0 Å². The highest BCUT2D eigenvalue weighted by Gasteiger charge is 1.99. The average Bonchev–Trinajstić information content (AvgIpc) is 1.99. The molecule has 0 saturated heterocycles. The molecule has 62 valence electrons. The van der Waals surface area contributed by atoms with Crippen LogP contribution in [-0.4, -0.2) is 59.0 Å². The molecule has 0 aliphatic rings. The Morgan fingerprint density at radius 1 is 1.10 bits per heavy atom. The van der Waals surface area contributed by atoms with E-state index < -0.39 is 0 Å². The van der Waals surface area contributed by atoms with Gasteiger partial charge in [-0.05, 0) is 7.05 Å². The largest absolute Gasteiger partial charge is 0.381 e. The Morgan fingerprint density at radius 3 is 2.10 bits per heavy atom. The Balaban J connectivity index is 3.17. The number of aliphatic hydroxyl groups excluding tert-OH is 2. The Kier molecular flexibility index (Phi) is 5.46. The minimum absolute atomic E-state index is 0.0424. The molecule has 0 aromatic carbocycles. The molecule has 0 saturated carbocycles. The zero-order valence-electron chi connectivity index (χ0n) is 6.06. The summed E-state index contributed by atoms with van der Waals surface area (Å²) >= 11 is 0. The summed E-state index contributed by atoms with van der Waals surface area (Å²) in [5.74, 6) is 0. The molecule has 0 spiro atoms. The van der Waals surface area contributed by atoms with Crippen molar-refractivity contribution in [3.63, 3.8) is 0 Å². The van der Waals surface area contributed by atoms with Crippen LogP contribution < -0.4 is 0 Å². The lowest BCUT2D eigenvalue weighted by Gasteiger charge is -2.16. The molecule has 0 aromatic heterocycles. The normalized spacial score (nSPS) is 11.4. The number of nitrogens with zero attached hydrogens (tertiary/aromatic N) is 2. The molecule has 0 aliphatic heterocycles. The van der Waals surface area contributed by atoms with E-state index in [-0.39, 0.29) is 13.5 Å². The van der Waals surface area contributed by atoms with Gasteiger partial charge in [-0.2, -0.15) is 5.06 Å². The van der Waals surface area contributed by atoms with Crippen LogP contribution in [0.5, 0.6) is 0 Å². The van der Waals surface area contributed by atoms with Crippen molar-refractivity contribution in [2.75, 3.05) is 33.6 Å². The fraction of sp³-hybridized carbons (Fsp3) is 1.00. The average molecular weight is 150 g/mol. The van der Waals surface area contributed by atoms with Gasteiger partial charge in [0.1, 0.15) is 6.73 Å². The Bertz CT molecular complexity index is 71.3. The third-order valence-corrected chi connectivity index (χ3v) is 1.14. The van der Waals surface area contributed by atoms with Gasteiger partial charge in [-0.15, -0.1) is 0 Å². The van der Waals surface area contributed by atoms with Crippen molar-refractivity contribution >= 4 is 0 Å². The molecule has 0 aliphatic carbocycles. The molecule has 5 heteroatoms. The predicted molar refractivity (Wildman–Crippen MR) is 35.3 cm³/mol. The third kappa shape index (κ3) is 4.66. The summed E-state index contributed by atoms with van der Waals surface area (Å²) < 4.78 is 0. The van der Waals surface area contributed by atoms with Crippen LogP contribution in [0.15, 0.2) is 0 Å². The number of hydrogen-bond acceptors (Lipinski definition) is 5. The third-order valence-electron chi connectivity index (χ3n) is 1.14. The zero-order valence-corrected chi connectivity index (χ0v) is 6.06. The van der Waals surface area contributed by atoms with E-state index in [4.69, 9.17) is 15.4 Å². The topological polar surface area (TPSA) is 67.2 Å². The van der Waals surface area contributed by atoms with Crippen LogP contribution in [0.25, 0.3) is 0 Å². The van der Waals surface area contributed by atoms with Crippen molar-refractivity contribution < 1.29 is 15.4 Å². The summed E-state index contributed by atoms with van der Waals surface area (Å²) in [5.41, 5.74) is 0. The van der Waals surface area contributed by atoms with E-state index in [9.17, 15) is 0 Å². The molecular formula is C5H14N2O3. The summed E-state index contributed by atoms with van der Waals surface area (Å²) in [6, 6.07) is 0. The summed E-state index contributed by atoms with van der Waals surface area (Å²) in [6.07, 6.45) is 0. The number of rotatable bonds is 5. The highest BCUT2D eigenvalue weighted by molar-refractivity contribution is 4.45. The second-order valence-electron chi connectivity index (χ2n) is 2.09. The van der Waals surface area contributed by atoms with Crippen LogP contribution in [0.2, 0.25) is 0 Å². The van der Waals surface area contributed by atoms with Crippen LogP contribution in [-0.2, 0) is 0 Å². The van der Waals surface area contributed by atoms with Crippen LogP contribution in [0, 0.1) is 0 Å². The lowest BCUT2D eigenvalue weighted by molar-refractivity contribution is -0.145. The fourth-order valence-electron chi connectivity index (χ4n) is 0.428. The Labute approximate surface area is 60.1 Å². The highest BCUT2D eigenvalue weighted by atomic mass is 16.5. The van der Waals surface area contributed by atoms with Gasteiger partial charge in [0.15, 0.2) is 0 Å². The van der Waals surface area contributed by atoms with Gasteiger partial charge in [0.05, 0.1) is 6.73 Å². The Morgan fingerprint density at radius 2 is 1.70 bits per heavy atom. The maximum Gasteiger partial charge on any atom is 0.118 e. The molecule has 10 heavy (non-hydrogen) atoms. The second kappa shape index (κ2) is 5.57. The number of hydrogen-bond donors (Lipinski definition) is 3. The van der Waals surface area contributed by atoms with Crippen LogP contribution in [0.1, 0.15) is 0 Å². The number of hydroxylamine groups is 2. The lowest BCUT2D eigenvalue weighted by Crippen LogP contribution is -2.32. The van der Waals surface area contributed by atoms with Crippen LogP contribution in [0.4, 0.5) is 0 Å². The van der Waals surface area contributed by atoms with Crippen molar-refractivity contribution in [1.82, 2.24) is 9.96 Å². The first-order valence-corrected chi connectivity index (χ1v) is 3.04. The quantitative estimate of drug-likeness (QED) is 0.329. The van der Waals surface area contributed by atoms with Gasteiger partial charge in [-0.25, -0.2) is 0 Å². The SMILES string of the molecule is CN(CO)CCN(O)CO. The number of aliphatic hydroxyl groups is 2. The molecule has 5 nitrogen and oxygen atoms in total. The molecule has 0 aromatic rings. The van der Waals surface area contributed by atoms with Crippen molar-refractivity contribution in [3.8, 4) is 0 Å². The maximum absolute atomic E-state index is 8.68. The van der Waals surface area contributed by atoms with E-state index in [1.54, 1.807) is 11.9 Å². The molecule has 0 radical (unpaired) electrons. The molecule has 0 bridgehead atoms. The molecular weight excluding hydrogens is 136 g/mol. The maximum atomic E-state index is 8.68. The van der Waals surface area contributed by atoms with Crippen molar-refractivity contribution in [3.05, 3.63) is 0 Å². The van der Waals surface area contributed by atoms with Gasteiger partial charge in [-0.3, -0.25) is 4.90 Å². The minimum Gasteiger partial charge on any atom is -0.381 e. The minimum atomic E-state index is -0.376. The Hall–Kier alpha value is -0.200. The summed E-state index contributed by atoms with van der Waals surface area (Å²) in [4.78, 5) is 1.61. The van der Waals surface area contributed by atoms with Crippen molar-refractivity contribution in [2.45, 2.75) is 0 Å². The summed E-state index contributed by atoms with van der Waals surface area (Å²) in [5, 5.41) is 26.2. The van der Waals surface area contributed by atoms with E-state index >= 15 is 0 Å². The number of likely N-dealkylation sites (N-methyl/N-ethyl adjacent to an activating group) is 1. The summed E-state index contributed by atoms with van der Waals surface area (Å²) in [7, 11) is 1.71. The molecule has 0 fully saturated rings. The predicted octanol–water partition coefficient (Wildman–Crippen LogP) is -1.49. The van der Waals surface area contributed by atoms with Gasteiger partial charge in [0.2, 0.25) is 0 Å². The first-order chi connectivity index (χ1) is 4.70. The first kappa shape index (κ1) is 9.80. The van der Waals surface area contributed by atoms with E-state index in [1.165, 1.54) is 0 Å². The van der Waals surface area contributed by atoms with Crippen LogP contribution in [0.3, 0.4) is 0 Å². The molecule has 0 atom stereocenters. The van der Waals surface area contributed by atoms with Gasteiger partial charge < -0.3 is 15.4 Å².